The van der Waals surface area contributed by atoms with E-state index in [1.54, 1.807) is 18.1 Å². The molecule has 0 aliphatic carbocycles. The summed E-state index contributed by atoms with van der Waals surface area (Å²) in [5, 5.41) is 0. The molecule has 0 aliphatic heterocycles. The Hall–Kier alpha value is -3.08. The third kappa shape index (κ3) is 5.46. The maximum atomic E-state index is 12.3. The molecule has 5 nitrogen and oxygen atoms in total. The number of nitrogens with zero attached hydrogens (tertiary/aromatic N) is 2. The summed E-state index contributed by atoms with van der Waals surface area (Å²) in [5.74, 6) is 2.18. The number of aryl methyl sites for hydroxylation is 3. The van der Waals surface area contributed by atoms with Crippen molar-refractivity contribution in [2.45, 2.75) is 26.7 Å². The van der Waals surface area contributed by atoms with Crippen LogP contribution in [0.5, 0.6) is 5.75 Å². The zero-order chi connectivity index (χ0) is 19.9. The zero-order valence-corrected chi connectivity index (χ0v) is 16.6. The van der Waals surface area contributed by atoms with Gasteiger partial charge < -0.3 is 14.1 Å². The monoisotopic (exact) mass is 378 g/mol. The van der Waals surface area contributed by atoms with E-state index in [-0.39, 0.29) is 5.91 Å². The Labute approximate surface area is 166 Å². The standard InChI is InChI=1S/C23H26N2O3/c1-17-13-18(2)15-20(14-17)27-12-11-25(3)23(26)10-9-22-24-16-21(28-22)19-7-5-4-6-8-19/h4-8,13-16H,9-12H2,1-3H3. The predicted molar refractivity (Wildman–Crippen MR) is 109 cm³/mol. The van der Waals surface area contributed by atoms with Crippen LogP contribution in [-0.4, -0.2) is 36.0 Å². The number of ether oxygens (including phenoxy) is 1. The van der Waals surface area contributed by atoms with Gasteiger partial charge in [0.15, 0.2) is 11.7 Å². The van der Waals surface area contributed by atoms with Crippen LogP contribution in [0.15, 0.2) is 59.1 Å². The molecule has 5 heteroatoms. The number of benzene rings is 2. The second-order valence-corrected chi connectivity index (χ2v) is 6.97. The van der Waals surface area contributed by atoms with Gasteiger partial charge in [0.05, 0.1) is 12.7 Å². The van der Waals surface area contributed by atoms with Crippen LogP contribution in [0.4, 0.5) is 0 Å². The molecule has 0 radical (unpaired) electrons. The molecule has 0 bridgehead atoms. The lowest BCUT2D eigenvalue weighted by Crippen LogP contribution is -2.31. The molecule has 1 heterocycles. The number of carbonyl (C=O) groups is 1. The molecule has 0 spiro atoms. The molecular weight excluding hydrogens is 352 g/mol. The second-order valence-electron chi connectivity index (χ2n) is 6.97. The lowest BCUT2D eigenvalue weighted by Gasteiger charge is -2.17. The maximum absolute atomic E-state index is 12.3. The number of oxazole rings is 1. The van der Waals surface area contributed by atoms with Gasteiger partial charge in [0, 0.05) is 25.5 Å². The van der Waals surface area contributed by atoms with E-state index in [2.05, 4.69) is 11.1 Å². The fraction of sp³-hybridized carbons (Fsp3) is 0.304. The summed E-state index contributed by atoms with van der Waals surface area (Å²) < 4.78 is 11.5. The Morgan fingerprint density at radius 3 is 2.54 bits per heavy atom. The SMILES string of the molecule is Cc1cc(C)cc(OCCN(C)C(=O)CCc2ncc(-c3ccccc3)o2)c1. The molecule has 2 aromatic carbocycles. The number of rotatable bonds is 8. The number of likely N-dealkylation sites (N-methyl/N-ethyl adjacent to an activating group) is 1. The van der Waals surface area contributed by atoms with Gasteiger partial charge in [-0.1, -0.05) is 36.4 Å². The molecule has 0 N–H and O–H groups in total. The van der Waals surface area contributed by atoms with Crippen molar-refractivity contribution in [1.29, 1.82) is 0 Å². The highest BCUT2D eigenvalue weighted by atomic mass is 16.5. The first-order valence-corrected chi connectivity index (χ1v) is 9.46. The van der Waals surface area contributed by atoms with E-state index in [1.165, 1.54) is 11.1 Å². The zero-order valence-electron chi connectivity index (χ0n) is 16.6. The van der Waals surface area contributed by atoms with Crippen molar-refractivity contribution >= 4 is 5.91 Å². The Kier molecular flexibility index (Phi) is 6.48. The number of aromatic nitrogens is 1. The predicted octanol–water partition coefficient (Wildman–Crippen LogP) is 4.43. The molecule has 1 aromatic heterocycles. The van der Waals surface area contributed by atoms with Crippen molar-refractivity contribution in [2.24, 2.45) is 0 Å². The quantitative estimate of drug-likeness (QED) is 0.582. The fourth-order valence-electron chi connectivity index (χ4n) is 3.01. The van der Waals surface area contributed by atoms with Crippen LogP contribution in [0.2, 0.25) is 0 Å². The lowest BCUT2D eigenvalue weighted by atomic mass is 10.1. The summed E-state index contributed by atoms with van der Waals surface area (Å²) in [6, 6.07) is 15.9. The first-order chi connectivity index (χ1) is 13.5. The fourth-order valence-corrected chi connectivity index (χ4v) is 3.01. The summed E-state index contributed by atoms with van der Waals surface area (Å²) in [5.41, 5.74) is 3.31. The van der Waals surface area contributed by atoms with E-state index in [0.29, 0.717) is 31.9 Å². The molecule has 146 valence electrons. The van der Waals surface area contributed by atoms with Crippen LogP contribution in [-0.2, 0) is 11.2 Å². The number of carbonyl (C=O) groups excluding carboxylic acids is 1. The Balaban J connectivity index is 1.44. The first kappa shape index (κ1) is 19.7. The molecule has 3 rings (SSSR count). The van der Waals surface area contributed by atoms with Crippen LogP contribution in [0.1, 0.15) is 23.4 Å². The summed E-state index contributed by atoms with van der Waals surface area (Å²) >= 11 is 0. The molecule has 0 atom stereocenters. The van der Waals surface area contributed by atoms with E-state index in [1.807, 2.05) is 56.3 Å². The van der Waals surface area contributed by atoms with Crippen LogP contribution < -0.4 is 4.74 Å². The molecule has 3 aromatic rings. The highest BCUT2D eigenvalue weighted by molar-refractivity contribution is 5.76. The van der Waals surface area contributed by atoms with Crippen molar-refractivity contribution < 1.29 is 13.9 Å². The minimum Gasteiger partial charge on any atom is -0.492 e. The highest BCUT2D eigenvalue weighted by Crippen LogP contribution is 2.20. The molecule has 0 unspecified atom stereocenters. The Bertz CT molecular complexity index is 898. The molecule has 0 saturated carbocycles. The van der Waals surface area contributed by atoms with E-state index in [0.717, 1.165) is 17.1 Å². The van der Waals surface area contributed by atoms with Gasteiger partial charge in [0.1, 0.15) is 12.4 Å². The minimum atomic E-state index is 0.0449. The van der Waals surface area contributed by atoms with Crippen LogP contribution in [0.3, 0.4) is 0 Å². The van der Waals surface area contributed by atoms with Gasteiger partial charge >= 0.3 is 0 Å². The summed E-state index contributed by atoms with van der Waals surface area (Å²) in [6.45, 7) is 5.08. The number of hydrogen-bond donors (Lipinski definition) is 0. The van der Waals surface area contributed by atoms with Gasteiger partial charge in [-0.3, -0.25) is 4.79 Å². The van der Waals surface area contributed by atoms with Gasteiger partial charge in [-0.15, -0.1) is 0 Å². The lowest BCUT2D eigenvalue weighted by molar-refractivity contribution is -0.130. The molecule has 28 heavy (non-hydrogen) atoms. The summed E-state index contributed by atoms with van der Waals surface area (Å²) in [4.78, 5) is 18.3. The number of hydrogen-bond acceptors (Lipinski definition) is 4. The third-order valence-corrected chi connectivity index (χ3v) is 4.48. The summed E-state index contributed by atoms with van der Waals surface area (Å²) in [7, 11) is 1.79. The largest absolute Gasteiger partial charge is 0.492 e. The second kappa shape index (κ2) is 9.22. The van der Waals surface area contributed by atoms with E-state index < -0.39 is 0 Å². The van der Waals surface area contributed by atoms with E-state index in [4.69, 9.17) is 9.15 Å². The van der Waals surface area contributed by atoms with Gasteiger partial charge in [-0.05, 0) is 37.1 Å². The smallest absolute Gasteiger partial charge is 0.222 e. The Morgan fingerprint density at radius 2 is 1.82 bits per heavy atom. The van der Waals surface area contributed by atoms with Crippen molar-refractivity contribution in [3.05, 3.63) is 71.7 Å². The van der Waals surface area contributed by atoms with Gasteiger partial charge in [0.25, 0.3) is 0 Å². The first-order valence-electron chi connectivity index (χ1n) is 9.46. The topological polar surface area (TPSA) is 55.6 Å². The highest BCUT2D eigenvalue weighted by Gasteiger charge is 2.12. The van der Waals surface area contributed by atoms with Gasteiger partial charge in [-0.2, -0.15) is 0 Å². The van der Waals surface area contributed by atoms with Crippen molar-refractivity contribution in [1.82, 2.24) is 9.88 Å². The van der Waals surface area contributed by atoms with Crippen molar-refractivity contribution in [3.8, 4) is 17.1 Å². The molecular formula is C23H26N2O3. The van der Waals surface area contributed by atoms with Crippen LogP contribution >= 0.6 is 0 Å². The average Bonchev–Trinajstić information content (AvgIpc) is 3.15. The Morgan fingerprint density at radius 1 is 1.11 bits per heavy atom. The molecule has 1 amide bonds. The summed E-state index contributed by atoms with van der Waals surface area (Å²) in [6.07, 6.45) is 2.54. The van der Waals surface area contributed by atoms with E-state index in [9.17, 15) is 4.79 Å². The van der Waals surface area contributed by atoms with Gasteiger partial charge in [0.2, 0.25) is 5.91 Å². The van der Waals surface area contributed by atoms with Crippen LogP contribution in [0.25, 0.3) is 11.3 Å². The molecule has 0 fully saturated rings. The van der Waals surface area contributed by atoms with E-state index >= 15 is 0 Å². The maximum Gasteiger partial charge on any atom is 0.222 e. The minimum absolute atomic E-state index is 0.0449. The van der Waals surface area contributed by atoms with Gasteiger partial charge in [-0.25, -0.2) is 4.98 Å². The molecule has 0 saturated heterocycles. The third-order valence-electron chi connectivity index (χ3n) is 4.48. The average molecular weight is 378 g/mol. The normalized spacial score (nSPS) is 10.7. The number of amides is 1. The van der Waals surface area contributed by atoms with Crippen molar-refractivity contribution in [3.63, 3.8) is 0 Å². The van der Waals surface area contributed by atoms with Crippen molar-refractivity contribution in [2.75, 3.05) is 20.2 Å². The molecule has 0 aliphatic rings. The van der Waals surface area contributed by atoms with Crippen LogP contribution in [0, 0.1) is 13.8 Å².